The van der Waals surface area contributed by atoms with E-state index in [1.54, 1.807) is 0 Å². The second-order valence-electron chi connectivity index (χ2n) is 5.46. The summed E-state index contributed by atoms with van der Waals surface area (Å²) >= 11 is 6.19. The van der Waals surface area contributed by atoms with E-state index >= 15 is 0 Å². The van der Waals surface area contributed by atoms with Gasteiger partial charge in [0.15, 0.2) is 0 Å². The molecule has 4 rings (SSSR count). The maximum Gasteiger partial charge on any atom is 0.128 e. The molecule has 1 aliphatic heterocycles. The lowest BCUT2D eigenvalue weighted by Gasteiger charge is -2.07. The molecule has 2 aromatic carbocycles. The first-order chi connectivity index (χ1) is 11.8. The minimum Gasteiger partial charge on any atom is -0.360 e. The Bertz CT molecular complexity index is 912. The molecule has 0 atom stereocenters. The Labute approximate surface area is 144 Å². The SMILES string of the molecule is Clc1ccc2c(c1)C(c1ccc[nH]1)=NCC(Nc1ccccc1)=N2. The predicted molar refractivity (Wildman–Crippen MR) is 99.9 cm³/mol. The molecule has 0 amide bonds. The lowest BCUT2D eigenvalue weighted by molar-refractivity contribution is 1.26. The second-order valence-corrected chi connectivity index (χ2v) is 5.90. The number of aromatic amines is 1. The van der Waals surface area contributed by atoms with Crippen LogP contribution in [0.5, 0.6) is 0 Å². The van der Waals surface area contributed by atoms with Crippen molar-refractivity contribution in [3.63, 3.8) is 0 Å². The molecular weight excluding hydrogens is 320 g/mol. The highest BCUT2D eigenvalue weighted by Crippen LogP contribution is 2.28. The van der Waals surface area contributed by atoms with Gasteiger partial charge in [0.2, 0.25) is 0 Å². The standard InChI is InChI=1S/C19H15ClN4/c20-13-8-9-16-15(11-13)19(17-7-4-10-21-17)22-12-18(24-16)23-14-5-2-1-3-6-14/h1-11,21H,12H2,(H,23,24). The van der Waals surface area contributed by atoms with Crippen LogP contribution in [-0.2, 0) is 0 Å². The van der Waals surface area contributed by atoms with E-state index in [0.717, 1.165) is 34.2 Å². The first-order valence-electron chi connectivity index (χ1n) is 7.67. The third-order valence-electron chi connectivity index (χ3n) is 3.77. The Morgan fingerprint density at radius 2 is 1.88 bits per heavy atom. The summed E-state index contributed by atoms with van der Waals surface area (Å²) in [6.45, 7) is 0.468. The van der Waals surface area contributed by atoms with Gasteiger partial charge in [-0.3, -0.25) is 4.99 Å². The number of hydrogen-bond acceptors (Lipinski definition) is 3. The number of fused-ring (bicyclic) bond motifs is 1. The van der Waals surface area contributed by atoms with Gasteiger partial charge in [-0.05, 0) is 42.5 Å². The van der Waals surface area contributed by atoms with Gasteiger partial charge >= 0.3 is 0 Å². The second kappa shape index (κ2) is 6.34. The predicted octanol–water partition coefficient (Wildman–Crippen LogP) is 4.66. The molecule has 0 radical (unpaired) electrons. The number of para-hydroxylation sites is 1. The summed E-state index contributed by atoms with van der Waals surface area (Å²) in [7, 11) is 0. The van der Waals surface area contributed by atoms with Crippen molar-refractivity contribution < 1.29 is 0 Å². The molecule has 3 aromatic rings. The van der Waals surface area contributed by atoms with Crippen LogP contribution in [0, 0.1) is 0 Å². The Balaban J connectivity index is 1.77. The minimum atomic E-state index is 0.468. The smallest absolute Gasteiger partial charge is 0.128 e. The molecule has 0 aliphatic carbocycles. The number of nitrogens with zero attached hydrogens (tertiary/aromatic N) is 2. The van der Waals surface area contributed by atoms with E-state index < -0.39 is 0 Å². The molecule has 0 saturated heterocycles. The van der Waals surface area contributed by atoms with Crippen LogP contribution in [0.1, 0.15) is 11.3 Å². The molecule has 118 valence electrons. The van der Waals surface area contributed by atoms with Gasteiger partial charge in [0, 0.05) is 22.5 Å². The number of amidine groups is 1. The number of benzene rings is 2. The highest BCUT2D eigenvalue weighted by atomic mass is 35.5. The summed E-state index contributed by atoms with van der Waals surface area (Å²) < 4.78 is 0. The van der Waals surface area contributed by atoms with Crippen LogP contribution in [-0.4, -0.2) is 23.1 Å². The van der Waals surface area contributed by atoms with Crippen molar-refractivity contribution in [1.82, 2.24) is 4.98 Å². The van der Waals surface area contributed by atoms with E-state index in [4.69, 9.17) is 21.6 Å². The van der Waals surface area contributed by atoms with Crippen molar-refractivity contribution in [1.29, 1.82) is 0 Å². The summed E-state index contributed by atoms with van der Waals surface area (Å²) in [5.41, 5.74) is 4.59. The zero-order valence-corrected chi connectivity index (χ0v) is 13.6. The van der Waals surface area contributed by atoms with Crippen molar-refractivity contribution in [2.75, 3.05) is 11.9 Å². The van der Waals surface area contributed by atoms with Crippen molar-refractivity contribution in [3.8, 4) is 0 Å². The minimum absolute atomic E-state index is 0.468. The van der Waals surface area contributed by atoms with Gasteiger partial charge in [-0.2, -0.15) is 0 Å². The van der Waals surface area contributed by atoms with E-state index in [1.165, 1.54) is 0 Å². The number of nitrogens with one attached hydrogen (secondary N) is 2. The molecule has 0 fully saturated rings. The Kier molecular flexibility index (Phi) is 3.89. The van der Waals surface area contributed by atoms with Crippen molar-refractivity contribution >= 4 is 34.5 Å². The molecule has 0 saturated carbocycles. The van der Waals surface area contributed by atoms with Crippen LogP contribution in [0.2, 0.25) is 5.02 Å². The van der Waals surface area contributed by atoms with Crippen molar-refractivity contribution in [2.45, 2.75) is 0 Å². The van der Waals surface area contributed by atoms with Gasteiger partial charge in [-0.15, -0.1) is 0 Å². The number of rotatable bonds is 2. The highest BCUT2D eigenvalue weighted by molar-refractivity contribution is 6.31. The molecule has 2 heterocycles. The molecule has 0 bridgehead atoms. The molecule has 1 aromatic heterocycles. The third kappa shape index (κ3) is 2.96. The summed E-state index contributed by atoms with van der Waals surface area (Å²) in [6, 6.07) is 19.6. The topological polar surface area (TPSA) is 52.5 Å². The summed E-state index contributed by atoms with van der Waals surface area (Å²) in [5.74, 6) is 0.798. The van der Waals surface area contributed by atoms with E-state index in [-0.39, 0.29) is 0 Å². The van der Waals surface area contributed by atoms with Gasteiger partial charge in [0.1, 0.15) is 5.84 Å². The molecule has 2 N–H and O–H groups in total. The van der Waals surface area contributed by atoms with Crippen molar-refractivity contribution in [3.05, 3.63) is 83.1 Å². The van der Waals surface area contributed by atoms with Crippen LogP contribution in [0.3, 0.4) is 0 Å². The summed E-state index contributed by atoms with van der Waals surface area (Å²) in [5, 5.41) is 4.01. The average Bonchev–Trinajstić information content (AvgIpc) is 3.06. The normalized spacial score (nSPS) is 13.5. The molecule has 5 heteroatoms. The quantitative estimate of drug-likeness (QED) is 0.703. The molecule has 0 spiro atoms. The number of aromatic nitrogens is 1. The average molecular weight is 335 g/mol. The van der Waals surface area contributed by atoms with Crippen LogP contribution >= 0.6 is 11.6 Å². The van der Waals surface area contributed by atoms with E-state index in [2.05, 4.69) is 10.3 Å². The van der Waals surface area contributed by atoms with Crippen LogP contribution in [0.15, 0.2) is 76.8 Å². The molecular formula is C19H15ClN4. The Hall–Kier alpha value is -2.85. The van der Waals surface area contributed by atoms with Gasteiger partial charge in [-0.1, -0.05) is 29.8 Å². The fourth-order valence-corrected chi connectivity index (χ4v) is 2.85. The van der Waals surface area contributed by atoms with Gasteiger partial charge in [-0.25, -0.2) is 4.99 Å². The number of halogens is 1. The van der Waals surface area contributed by atoms with E-state index in [0.29, 0.717) is 11.6 Å². The van der Waals surface area contributed by atoms with Gasteiger partial charge in [0.25, 0.3) is 0 Å². The first-order valence-corrected chi connectivity index (χ1v) is 8.05. The number of anilines is 1. The number of H-pyrrole nitrogens is 1. The maximum atomic E-state index is 6.19. The first kappa shape index (κ1) is 14.7. The number of hydrogen-bond donors (Lipinski definition) is 2. The van der Waals surface area contributed by atoms with Gasteiger partial charge < -0.3 is 10.3 Å². The van der Waals surface area contributed by atoms with E-state index in [1.807, 2.05) is 66.9 Å². The molecule has 1 aliphatic rings. The summed E-state index contributed by atoms with van der Waals surface area (Å²) in [6.07, 6.45) is 1.89. The van der Waals surface area contributed by atoms with E-state index in [9.17, 15) is 0 Å². The zero-order valence-electron chi connectivity index (χ0n) is 12.8. The Morgan fingerprint density at radius 1 is 1.00 bits per heavy atom. The van der Waals surface area contributed by atoms with Gasteiger partial charge in [0.05, 0.1) is 23.6 Å². The Morgan fingerprint density at radius 3 is 2.67 bits per heavy atom. The van der Waals surface area contributed by atoms with Crippen molar-refractivity contribution in [2.24, 2.45) is 9.98 Å². The lowest BCUT2D eigenvalue weighted by Crippen LogP contribution is -2.15. The lowest BCUT2D eigenvalue weighted by atomic mass is 10.1. The van der Waals surface area contributed by atoms with Crippen LogP contribution in [0.4, 0.5) is 11.4 Å². The summed E-state index contributed by atoms with van der Waals surface area (Å²) in [4.78, 5) is 12.7. The van der Waals surface area contributed by atoms with Crippen LogP contribution in [0.25, 0.3) is 0 Å². The monoisotopic (exact) mass is 334 g/mol. The largest absolute Gasteiger partial charge is 0.360 e. The molecule has 4 nitrogen and oxygen atoms in total. The maximum absolute atomic E-state index is 6.19. The zero-order chi connectivity index (χ0) is 16.4. The number of aliphatic imine (C=N–C) groups is 2. The molecule has 0 unspecified atom stereocenters. The fourth-order valence-electron chi connectivity index (χ4n) is 2.68. The highest BCUT2D eigenvalue weighted by Gasteiger charge is 2.17. The third-order valence-corrected chi connectivity index (χ3v) is 4.01. The fraction of sp³-hybridized carbons (Fsp3) is 0.0526. The molecule has 24 heavy (non-hydrogen) atoms. The van der Waals surface area contributed by atoms with Crippen LogP contribution < -0.4 is 5.32 Å².